The zero-order valence-corrected chi connectivity index (χ0v) is 18.9. The molecule has 9 nitrogen and oxygen atoms in total. The van der Waals surface area contributed by atoms with Crippen LogP contribution in [0.2, 0.25) is 0 Å². The van der Waals surface area contributed by atoms with E-state index in [4.69, 9.17) is 9.72 Å². The second-order valence-electron chi connectivity index (χ2n) is 9.12. The molecule has 5 rings (SSSR count). The number of anilines is 2. The third-order valence-electron chi connectivity index (χ3n) is 6.49. The first-order chi connectivity index (χ1) is 16.0. The maximum atomic E-state index is 12.8. The molecule has 33 heavy (non-hydrogen) atoms. The molecular weight excluding hydrogens is 420 g/mol. The maximum absolute atomic E-state index is 12.8. The summed E-state index contributed by atoms with van der Waals surface area (Å²) in [6.07, 6.45) is 10.4. The Morgan fingerprint density at radius 3 is 2.64 bits per heavy atom. The van der Waals surface area contributed by atoms with Gasteiger partial charge in [0.05, 0.1) is 6.20 Å². The lowest BCUT2D eigenvalue weighted by atomic mass is 9.83. The fourth-order valence-electron chi connectivity index (χ4n) is 4.64. The lowest BCUT2D eigenvalue weighted by Crippen LogP contribution is -2.34. The lowest BCUT2D eigenvalue weighted by Gasteiger charge is -2.31. The number of pyridine rings is 1. The highest BCUT2D eigenvalue weighted by Crippen LogP contribution is 2.35. The van der Waals surface area contributed by atoms with Gasteiger partial charge >= 0.3 is 0 Å². The second-order valence-corrected chi connectivity index (χ2v) is 9.12. The van der Waals surface area contributed by atoms with Gasteiger partial charge in [0.15, 0.2) is 0 Å². The van der Waals surface area contributed by atoms with Crippen LogP contribution in [0.4, 0.5) is 11.8 Å². The van der Waals surface area contributed by atoms with E-state index >= 15 is 0 Å². The smallest absolute Gasteiger partial charge is 0.270 e. The molecule has 172 valence electrons. The summed E-state index contributed by atoms with van der Waals surface area (Å²) in [5, 5.41) is 4.01. The molecule has 3 aromatic heterocycles. The van der Waals surface area contributed by atoms with Crippen LogP contribution in [0.5, 0.6) is 5.75 Å². The minimum atomic E-state index is -0.0300. The number of hydrogen-bond acceptors (Lipinski definition) is 7. The Bertz CT molecular complexity index is 1160. The topological polar surface area (TPSA) is 102 Å². The molecule has 0 aliphatic heterocycles. The van der Waals surface area contributed by atoms with Crippen molar-refractivity contribution in [3.05, 3.63) is 36.3 Å². The molecule has 3 aromatic rings. The number of carbonyl (C=O) groups excluding carboxylic acids is 2. The summed E-state index contributed by atoms with van der Waals surface area (Å²) in [5.41, 5.74) is 1.42. The monoisotopic (exact) mass is 448 g/mol. The number of fused-ring (bicyclic) bond motifs is 1. The highest BCUT2D eigenvalue weighted by atomic mass is 16.5. The van der Waals surface area contributed by atoms with Crippen LogP contribution in [0.15, 0.2) is 30.6 Å². The van der Waals surface area contributed by atoms with E-state index in [1.54, 1.807) is 31.4 Å². The van der Waals surface area contributed by atoms with Crippen LogP contribution in [-0.4, -0.2) is 56.8 Å². The van der Waals surface area contributed by atoms with Crippen LogP contribution in [0, 0.1) is 5.92 Å². The van der Waals surface area contributed by atoms with Gasteiger partial charge in [0.2, 0.25) is 5.95 Å². The first-order valence-corrected chi connectivity index (χ1v) is 11.5. The number of carbonyl (C=O) groups is 2. The fourth-order valence-corrected chi connectivity index (χ4v) is 4.64. The van der Waals surface area contributed by atoms with Gasteiger partial charge in [-0.25, -0.2) is 9.97 Å². The number of aldehydes is 1. The first kappa shape index (κ1) is 21.4. The van der Waals surface area contributed by atoms with Gasteiger partial charge < -0.3 is 24.3 Å². The van der Waals surface area contributed by atoms with E-state index in [-0.39, 0.29) is 24.0 Å². The van der Waals surface area contributed by atoms with E-state index in [1.165, 1.54) is 0 Å². The molecule has 9 heteroatoms. The zero-order chi connectivity index (χ0) is 22.9. The van der Waals surface area contributed by atoms with Crippen LogP contribution in [-0.2, 0) is 4.79 Å². The quantitative estimate of drug-likeness (QED) is 0.549. The fraction of sp³-hybridized carbons (Fsp3) is 0.458. The second kappa shape index (κ2) is 8.80. The number of ether oxygens (including phenoxy) is 1. The number of nitrogens with one attached hydrogen (secondary N) is 1. The number of nitrogens with zero attached hydrogens (tertiary/aromatic N) is 5. The number of rotatable bonds is 7. The Morgan fingerprint density at radius 2 is 1.97 bits per heavy atom. The van der Waals surface area contributed by atoms with Gasteiger partial charge in [-0.3, -0.25) is 4.79 Å². The van der Waals surface area contributed by atoms with Crippen LogP contribution < -0.4 is 10.1 Å². The average Bonchev–Trinajstić information content (AvgIpc) is 3.43. The number of hydrogen-bond donors (Lipinski definition) is 1. The molecule has 2 fully saturated rings. The van der Waals surface area contributed by atoms with Gasteiger partial charge in [-0.15, -0.1) is 0 Å². The largest absolute Gasteiger partial charge is 0.489 e. The Kier molecular flexibility index (Phi) is 5.70. The van der Waals surface area contributed by atoms with Crippen molar-refractivity contribution in [3.63, 3.8) is 0 Å². The number of amides is 1. The molecular formula is C24H28N6O3. The molecule has 0 atom stereocenters. The summed E-state index contributed by atoms with van der Waals surface area (Å²) >= 11 is 0. The minimum absolute atomic E-state index is 0.0300. The molecule has 2 saturated carbocycles. The molecule has 0 spiro atoms. The normalized spacial score (nSPS) is 20.4. The Balaban J connectivity index is 1.37. The van der Waals surface area contributed by atoms with Gasteiger partial charge in [-0.1, -0.05) is 12.8 Å². The summed E-state index contributed by atoms with van der Waals surface area (Å²) in [7, 11) is 3.53. The SMILES string of the molecule is CN(C)C(=O)c1cc2cnc(Nc3ccc(OC4CC(C=O)C4)cn3)nc2n1C1CCCC1. The van der Waals surface area contributed by atoms with Crippen molar-refractivity contribution in [2.45, 2.75) is 50.7 Å². The van der Waals surface area contributed by atoms with Gasteiger partial charge in [0, 0.05) is 37.6 Å². The summed E-state index contributed by atoms with van der Waals surface area (Å²) in [6.45, 7) is 0. The van der Waals surface area contributed by atoms with E-state index in [0.717, 1.165) is 55.8 Å². The Morgan fingerprint density at radius 1 is 1.18 bits per heavy atom. The summed E-state index contributed by atoms with van der Waals surface area (Å²) in [4.78, 5) is 38.8. The highest BCUT2D eigenvalue weighted by molar-refractivity contribution is 5.97. The van der Waals surface area contributed by atoms with Crippen molar-refractivity contribution in [2.24, 2.45) is 5.92 Å². The third kappa shape index (κ3) is 4.27. The molecule has 0 aromatic carbocycles. The van der Waals surface area contributed by atoms with Gasteiger partial charge in [-0.2, -0.15) is 4.98 Å². The highest BCUT2D eigenvalue weighted by Gasteiger charge is 2.30. The molecule has 3 heterocycles. The number of aromatic nitrogens is 4. The first-order valence-electron chi connectivity index (χ1n) is 11.5. The third-order valence-corrected chi connectivity index (χ3v) is 6.49. The molecule has 0 radical (unpaired) electrons. The molecule has 0 unspecified atom stereocenters. The van der Waals surface area contributed by atoms with Crippen LogP contribution >= 0.6 is 0 Å². The molecule has 1 amide bonds. The van der Waals surface area contributed by atoms with E-state index in [2.05, 4.69) is 19.9 Å². The van der Waals surface area contributed by atoms with E-state index in [9.17, 15) is 9.59 Å². The minimum Gasteiger partial charge on any atom is -0.489 e. The van der Waals surface area contributed by atoms with E-state index in [1.807, 2.05) is 18.2 Å². The predicted molar refractivity (Wildman–Crippen MR) is 124 cm³/mol. The van der Waals surface area contributed by atoms with E-state index in [0.29, 0.717) is 23.2 Å². The lowest BCUT2D eigenvalue weighted by molar-refractivity contribution is -0.116. The van der Waals surface area contributed by atoms with Crippen molar-refractivity contribution < 1.29 is 14.3 Å². The summed E-state index contributed by atoms with van der Waals surface area (Å²) in [6, 6.07) is 5.82. The van der Waals surface area contributed by atoms with Crippen LogP contribution in [0.25, 0.3) is 11.0 Å². The molecule has 1 N–H and O–H groups in total. The summed E-state index contributed by atoms with van der Waals surface area (Å²) < 4.78 is 7.93. The van der Waals surface area contributed by atoms with Gasteiger partial charge in [0.1, 0.15) is 35.3 Å². The van der Waals surface area contributed by atoms with Crippen molar-refractivity contribution in [1.29, 1.82) is 0 Å². The van der Waals surface area contributed by atoms with Crippen molar-refractivity contribution in [2.75, 3.05) is 19.4 Å². The maximum Gasteiger partial charge on any atom is 0.270 e. The predicted octanol–water partition coefficient (Wildman–Crippen LogP) is 3.74. The van der Waals surface area contributed by atoms with Gasteiger partial charge in [0.25, 0.3) is 5.91 Å². The van der Waals surface area contributed by atoms with Crippen LogP contribution in [0.1, 0.15) is 55.1 Å². The molecule has 0 bridgehead atoms. The van der Waals surface area contributed by atoms with Gasteiger partial charge in [-0.05, 0) is 43.9 Å². The summed E-state index contributed by atoms with van der Waals surface area (Å²) in [5.74, 6) is 1.79. The molecule has 0 saturated heterocycles. The molecule has 2 aliphatic carbocycles. The molecule has 2 aliphatic rings. The van der Waals surface area contributed by atoms with Crippen LogP contribution in [0.3, 0.4) is 0 Å². The van der Waals surface area contributed by atoms with E-state index < -0.39 is 0 Å². The average molecular weight is 449 g/mol. The Labute approximate surface area is 192 Å². The standard InChI is InChI=1S/C24H28N6O3/c1-29(2)23(32)20-11-16-12-26-24(28-22(16)30(20)17-5-3-4-6-17)27-21-8-7-18(13-25-21)33-19-9-15(10-19)14-31/h7-8,11-15,17,19H,3-6,9-10H2,1-2H3,(H,25,26,27,28). The van der Waals surface area contributed by atoms with Crippen molar-refractivity contribution in [1.82, 2.24) is 24.4 Å². The van der Waals surface area contributed by atoms with Crippen molar-refractivity contribution >= 4 is 35.0 Å². The zero-order valence-electron chi connectivity index (χ0n) is 18.9. The Hall–Kier alpha value is -3.49. The van der Waals surface area contributed by atoms with Crippen molar-refractivity contribution in [3.8, 4) is 5.75 Å².